The van der Waals surface area contributed by atoms with Crippen molar-refractivity contribution < 1.29 is 17.2 Å². The Morgan fingerprint density at radius 2 is 1.95 bits per heavy atom. The van der Waals surface area contributed by atoms with E-state index in [0.29, 0.717) is 13.1 Å². The molecule has 1 aromatic carbocycles. The van der Waals surface area contributed by atoms with Crippen LogP contribution in [-0.4, -0.2) is 49.8 Å². The molecule has 116 valence electrons. The Bertz CT molecular complexity index is 666. The standard InChI is InChI=1S/C13H17F2N3O2S/c14-11-6-9(16)7-12(13(11)15)21(19,20)18-5-4-17-3-1-2-10(17)8-18/h6-7,10H,1-5,8,16H2. The molecule has 3 rings (SSSR count). The molecule has 0 aromatic heterocycles. The molecule has 2 heterocycles. The van der Waals surface area contributed by atoms with Gasteiger partial charge in [0.2, 0.25) is 10.0 Å². The quantitative estimate of drug-likeness (QED) is 0.827. The first kappa shape index (κ1) is 14.7. The van der Waals surface area contributed by atoms with E-state index in [-0.39, 0.29) is 18.3 Å². The maximum atomic E-state index is 13.9. The van der Waals surface area contributed by atoms with Crippen molar-refractivity contribution in [2.24, 2.45) is 0 Å². The number of rotatable bonds is 2. The van der Waals surface area contributed by atoms with Gasteiger partial charge in [-0.1, -0.05) is 0 Å². The summed E-state index contributed by atoms with van der Waals surface area (Å²) >= 11 is 0. The number of hydrogen-bond acceptors (Lipinski definition) is 4. The monoisotopic (exact) mass is 317 g/mol. The first-order valence-electron chi connectivity index (χ1n) is 6.88. The molecule has 2 N–H and O–H groups in total. The predicted octanol–water partition coefficient (Wildman–Crippen LogP) is 1.02. The lowest BCUT2D eigenvalue weighted by Gasteiger charge is -2.36. The SMILES string of the molecule is Nc1cc(F)c(F)c(S(=O)(=O)N2CCN3CCCC3C2)c1. The third kappa shape index (κ3) is 2.51. The topological polar surface area (TPSA) is 66.6 Å². The lowest BCUT2D eigenvalue weighted by Crippen LogP contribution is -2.52. The Kier molecular flexibility index (Phi) is 3.62. The summed E-state index contributed by atoms with van der Waals surface area (Å²) in [5, 5.41) is 0. The number of nitrogen functional groups attached to an aromatic ring is 1. The second-order valence-corrected chi connectivity index (χ2v) is 7.42. The van der Waals surface area contributed by atoms with Crippen LogP contribution in [0.1, 0.15) is 12.8 Å². The third-order valence-electron chi connectivity index (χ3n) is 4.19. The molecule has 0 amide bonds. The van der Waals surface area contributed by atoms with Crippen molar-refractivity contribution in [3.05, 3.63) is 23.8 Å². The van der Waals surface area contributed by atoms with Crippen LogP contribution in [0.5, 0.6) is 0 Å². The molecule has 1 atom stereocenters. The summed E-state index contributed by atoms with van der Waals surface area (Å²) in [4.78, 5) is 1.56. The molecule has 2 saturated heterocycles. The molecule has 0 saturated carbocycles. The molecule has 0 bridgehead atoms. The number of benzene rings is 1. The minimum absolute atomic E-state index is 0.105. The largest absolute Gasteiger partial charge is 0.399 e. The lowest BCUT2D eigenvalue weighted by molar-refractivity contribution is 0.158. The van der Waals surface area contributed by atoms with Gasteiger partial charge in [0.05, 0.1) is 0 Å². The number of piperazine rings is 1. The molecule has 0 spiro atoms. The smallest absolute Gasteiger partial charge is 0.246 e. The van der Waals surface area contributed by atoms with E-state index >= 15 is 0 Å². The van der Waals surface area contributed by atoms with Gasteiger partial charge in [-0.05, 0) is 31.5 Å². The molecule has 2 fully saturated rings. The summed E-state index contributed by atoms with van der Waals surface area (Å²) in [7, 11) is -4.06. The zero-order valence-electron chi connectivity index (χ0n) is 11.4. The highest BCUT2D eigenvalue weighted by Crippen LogP contribution is 2.28. The van der Waals surface area contributed by atoms with Crippen LogP contribution in [-0.2, 0) is 10.0 Å². The van der Waals surface area contributed by atoms with Crippen LogP contribution < -0.4 is 5.73 Å². The van der Waals surface area contributed by atoms with Crippen LogP contribution in [0.3, 0.4) is 0 Å². The average Bonchev–Trinajstić information content (AvgIpc) is 2.89. The number of halogens is 2. The van der Waals surface area contributed by atoms with Gasteiger partial charge in [-0.3, -0.25) is 4.90 Å². The summed E-state index contributed by atoms with van der Waals surface area (Å²) in [6.07, 6.45) is 1.97. The second-order valence-electron chi connectivity index (χ2n) is 5.51. The zero-order valence-corrected chi connectivity index (χ0v) is 12.2. The number of nitrogens with zero attached hydrogens (tertiary/aromatic N) is 2. The number of anilines is 1. The first-order valence-corrected chi connectivity index (χ1v) is 8.32. The fourth-order valence-electron chi connectivity index (χ4n) is 3.09. The molecule has 2 aliphatic heterocycles. The van der Waals surface area contributed by atoms with Crippen molar-refractivity contribution in [1.82, 2.24) is 9.21 Å². The number of hydrogen-bond donors (Lipinski definition) is 1. The molecule has 8 heteroatoms. The van der Waals surface area contributed by atoms with Crippen molar-refractivity contribution in [3.63, 3.8) is 0 Å². The second kappa shape index (κ2) is 5.19. The minimum atomic E-state index is -4.06. The fourth-order valence-corrected chi connectivity index (χ4v) is 4.67. The van der Waals surface area contributed by atoms with Gasteiger partial charge in [0.15, 0.2) is 11.6 Å². The van der Waals surface area contributed by atoms with Crippen LogP contribution in [0, 0.1) is 11.6 Å². The van der Waals surface area contributed by atoms with Gasteiger partial charge in [0, 0.05) is 31.4 Å². The van der Waals surface area contributed by atoms with Gasteiger partial charge in [-0.2, -0.15) is 4.31 Å². The lowest BCUT2D eigenvalue weighted by atomic mass is 10.2. The van der Waals surface area contributed by atoms with Crippen molar-refractivity contribution in [2.45, 2.75) is 23.8 Å². The van der Waals surface area contributed by atoms with Crippen LogP contribution in [0.2, 0.25) is 0 Å². The molecule has 0 aliphatic carbocycles. The molecule has 21 heavy (non-hydrogen) atoms. The van der Waals surface area contributed by atoms with Gasteiger partial charge in [-0.25, -0.2) is 17.2 Å². The molecular weight excluding hydrogens is 300 g/mol. The van der Waals surface area contributed by atoms with Gasteiger partial charge in [-0.15, -0.1) is 0 Å². The normalized spacial score (nSPS) is 24.2. The van der Waals surface area contributed by atoms with Crippen molar-refractivity contribution in [3.8, 4) is 0 Å². The summed E-state index contributed by atoms with van der Waals surface area (Å²) < 4.78 is 53.6. The number of sulfonamides is 1. The van der Waals surface area contributed by atoms with E-state index in [1.54, 1.807) is 0 Å². The van der Waals surface area contributed by atoms with E-state index in [1.807, 2.05) is 0 Å². The van der Waals surface area contributed by atoms with Crippen LogP contribution >= 0.6 is 0 Å². The Morgan fingerprint density at radius 1 is 1.19 bits per heavy atom. The summed E-state index contributed by atoms with van der Waals surface area (Å²) in [5.74, 6) is -2.61. The van der Waals surface area contributed by atoms with Crippen molar-refractivity contribution in [1.29, 1.82) is 0 Å². The number of fused-ring (bicyclic) bond motifs is 1. The highest BCUT2D eigenvalue weighted by Gasteiger charge is 2.37. The molecule has 5 nitrogen and oxygen atoms in total. The zero-order chi connectivity index (χ0) is 15.2. The van der Waals surface area contributed by atoms with Gasteiger partial charge >= 0.3 is 0 Å². The van der Waals surface area contributed by atoms with E-state index in [9.17, 15) is 17.2 Å². The summed E-state index contributed by atoms with van der Waals surface area (Å²) in [5.41, 5.74) is 5.34. The summed E-state index contributed by atoms with van der Waals surface area (Å²) in [6, 6.07) is 1.93. The van der Waals surface area contributed by atoms with Crippen LogP contribution in [0.15, 0.2) is 17.0 Å². The highest BCUT2D eigenvalue weighted by molar-refractivity contribution is 7.89. The first-order chi connectivity index (χ1) is 9.89. The van der Waals surface area contributed by atoms with E-state index in [4.69, 9.17) is 5.73 Å². The Labute approximate surface area is 122 Å². The van der Waals surface area contributed by atoms with E-state index in [1.165, 1.54) is 4.31 Å². The minimum Gasteiger partial charge on any atom is -0.399 e. The van der Waals surface area contributed by atoms with Crippen molar-refractivity contribution in [2.75, 3.05) is 31.9 Å². The van der Waals surface area contributed by atoms with Gasteiger partial charge < -0.3 is 5.73 Å². The Hall–Kier alpha value is -1.25. The molecule has 1 aromatic rings. The predicted molar refractivity (Wildman–Crippen MR) is 74.1 cm³/mol. The summed E-state index contributed by atoms with van der Waals surface area (Å²) in [6.45, 7) is 2.20. The molecule has 1 unspecified atom stereocenters. The number of nitrogens with two attached hydrogens (primary N) is 1. The van der Waals surface area contributed by atoms with Gasteiger partial charge in [0.1, 0.15) is 4.90 Å². The van der Waals surface area contributed by atoms with Gasteiger partial charge in [0.25, 0.3) is 0 Å². The van der Waals surface area contributed by atoms with E-state index in [0.717, 1.165) is 31.5 Å². The Morgan fingerprint density at radius 3 is 2.71 bits per heavy atom. The Balaban J connectivity index is 1.94. The van der Waals surface area contributed by atoms with Crippen molar-refractivity contribution >= 4 is 15.7 Å². The maximum absolute atomic E-state index is 13.9. The third-order valence-corrected chi connectivity index (χ3v) is 6.05. The van der Waals surface area contributed by atoms with Crippen LogP contribution in [0.4, 0.5) is 14.5 Å². The highest BCUT2D eigenvalue weighted by atomic mass is 32.2. The van der Waals surface area contributed by atoms with E-state index < -0.39 is 26.6 Å². The fraction of sp³-hybridized carbons (Fsp3) is 0.538. The van der Waals surface area contributed by atoms with Crippen LogP contribution in [0.25, 0.3) is 0 Å². The average molecular weight is 317 g/mol. The molecule has 2 aliphatic rings. The van der Waals surface area contributed by atoms with E-state index in [2.05, 4.69) is 4.90 Å². The maximum Gasteiger partial charge on any atom is 0.246 e. The molecule has 0 radical (unpaired) electrons. The molecular formula is C13H17F2N3O2S.